The van der Waals surface area contributed by atoms with Crippen LogP contribution in [0.15, 0.2) is 59.4 Å². The second-order valence-corrected chi connectivity index (χ2v) is 6.50. The molecule has 0 spiro atoms. The molecular formula is C22H24N2O4. The first kappa shape index (κ1) is 19.5. The van der Waals surface area contributed by atoms with Crippen LogP contribution in [0.4, 0.5) is 0 Å². The highest BCUT2D eigenvalue weighted by atomic mass is 16.5. The summed E-state index contributed by atoms with van der Waals surface area (Å²) in [6, 6.07) is 16.7. The first-order chi connectivity index (χ1) is 13.6. The largest absolute Gasteiger partial charge is 0.497 e. The summed E-state index contributed by atoms with van der Waals surface area (Å²) in [5.74, 6) is 1.28. The standard InChI is InChI=1S/C22H24N2O4/c1-24-19-10-4-3-9-18(19)20(14-22(24)26)28-12-6-11-21(25)23-15-16-7-5-8-17(13-16)27-2/h3-5,7-10,13-14H,6,11-12,15H2,1-2H3,(H,23,25). The van der Waals surface area contributed by atoms with Crippen molar-refractivity contribution >= 4 is 16.8 Å². The number of carbonyl (C=O) groups is 1. The molecule has 0 saturated carbocycles. The summed E-state index contributed by atoms with van der Waals surface area (Å²) in [6.45, 7) is 0.819. The zero-order chi connectivity index (χ0) is 19.9. The SMILES string of the molecule is COc1cccc(CNC(=O)CCCOc2cc(=O)n(C)c3ccccc23)c1. The molecule has 2 aromatic carbocycles. The third kappa shape index (κ3) is 4.71. The molecule has 1 amide bonds. The van der Waals surface area contributed by atoms with E-state index >= 15 is 0 Å². The second kappa shape index (κ2) is 9.08. The Morgan fingerprint density at radius 1 is 1.11 bits per heavy atom. The molecule has 0 aliphatic heterocycles. The summed E-state index contributed by atoms with van der Waals surface area (Å²) < 4.78 is 12.6. The molecule has 3 aromatic rings. The van der Waals surface area contributed by atoms with Gasteiger partial charge in [-0.2, -0.15) is 0 Å². The van der Waals surface area contributed by atoms with Crippen LogP contribution in [0.2, 0.25) is 0 Å². The zero-order valence-electron chi connectivity index (χ0n) is 16.1. The van der Waals surface area contributed by atoms with Crippen LogP contribution in [0.5, 0.6) is 11.5 Å². The van der Waals surface area contributed by atoms with Crippen molar-refractivity contribution in [2.45, 2.75) is 19.4 Å². The number of para-hydroxylation sites is 1. The van der Waals surface area contributed by atoms with Crippen LogP contribution < -0.4 is 20.3 Å². The average Bonchev–Trinajstić information content (AvgIpc) is 2.73. The molecule has 0 aliphatic carbocycles. The molecule has 0 radical (unpaired) electrons. The number of methoxy groups -OCH3 is 1. The highest BCUT2D eigenvalue weighted by Gasteiger charge is 2.08. The van der Waals surface area contributed by atoms with E-state index in [4.69, 9.17) is 9.47 Å². The van der Waals surface area contributed by atoms with E-state index in [1.54, 1.807) is 18.7 Å². The Bertz CT molecular complexity index is 1030. The van der Waals surface area contributed by atoms with Gasteiger partial charge in [-0.1, -0.05) is 24.3 Å². The number of nitrogens with zero attached hydrogens (tertiary/aromatic N) is 1. The Labute approximate surface area is 163 Å². The Morgan fingerprint density at radius 3 is 2.75 bits per heavy atom. The van der Waals surface area contributed by atoms with Crippen molar-refractivity contribution in [3.8, 4) is 11.5 Å². The number of pyridine rings is 1. The van der Waals surface area contributed by atoms with Crippen LogP contribution in [0.1, 0.15) is 18.4 Å². The lowest BCUT2D eigenvalue weighted by Gasteiger charge is -2.11. The van der Waals surface area contributed by atoms with Crippen LogP contribution in [0.3, 0.4) is 0 Å². The minimum atomic E-state index is -0.121. The Hall–Kier alpha value is -3.28. The minimum Gasteiger partial charge on any atom is -0.497 e. The third-order valence-corrected chi connectivity index (χ3v) is 4.55. The Kier molecular flexibility index (Phi) is 6.32. The fraction of sp³-hybridized carbons (Fsp3) is 0.273. The molecule has 1 aromatic heterocycles. The first-order valence-electron chi connectivity index (χ1n) is 9.19. The number of nitrogens with one attached hydrogen (secondary N) is 1. The molecule has 28 heavy (non-hydrogen) atoms. The van der Waals surface area contributed by atoms with Gasteiger partial charge in [0.05, 0.1) is 19.2 Å². The molecular weight excluding hydrogens is 356 g/mol. The molecule has 146 valence electrons. The molecule has 0 atom stereocenters. The number of rotatable bonds is 8. The van der Waals surface area contributed by atoms with E-state index in [1.807, 2.05) is 48.5 Å². The van der Waals surface area contributed by atoms with E-state index in [-0.39, 0.29) is 11.5 Å². The van der Waals surface area contributed by atoms with Crippen molar-refractivity contribution in [1.82, 2.24) is 9.88 Å². The number of amides is 1. The van der Waals surface area contributed by atoms with E-state index in [1.165, 1.54) is 6.07 Å². The lowest BCUT2D eigenvalue weighted by molar-refractivity contribution is -0.121. The van der Waals surface area contributed by atoms with Gasteiger partial charge in [-0.15, -0.1) is 0 Å². The lowest BCUT2D eigenvalue weighted by atomic mass is 10.2. The molecule has 0 aliphatic rings. The van der Waals surface area contributed by atoms with Gasteiger partial charge < -0.3 is 19.4 Å². The van der Waals surface area contributed by atoms with Crippen molar-refractivity contribution in [3.05, 3.63) is 70.5 Å². The van der Waals surface area contributed by atoms with Gasteiger partial charge in [0, 0.05) is 31.5 Å². The number of ether oxygens (including phenoxy) is 2. The minimum absolute atomic E-state index is 0.0414. The number of aromatic nitrogens is 1. The van der Waals surface area contributed by atoms with Crippen molar-refractivity contribution in [2.75, 3.05) is 13.7 Å². The summed E-state index contributed by atoms with van der Waals surface area (Å²) in [6.07, 6.45) is 0.917. The molecule has 1 N–H and O–H groups in total. The second-order valence-electron chi connectivity index (χ2n) is 6.50. The van der Waals surface area contributed by atoms with Gasteiger partial charge in [0.25, 0.3) is 5.56 Å². The smallest absolute Gasteiger partial charge is 0.254 e. The zero-order valence-corrected chi connectivity index (χ0v) is 16.1. The topological polar surface area (TPSA) is 69.6 Å². The molecule has 3 rings (SSSR count). The number of carbonyl (C=O) groups excluding carboxylic acids is 1. The fourth-order valence-electron chi connectivity index (χ4n) is 2.99. The molecule has 6 heteroatoms. The average molecular weight is 380 g/mol. The van der Waals surface area contributed by atoms with Crippen LogP contribution in [-0.2, 0) is 18.4 Å². The Balaban J connectivity index is 1.49. The van der Waals surface area contributed by atoms with Crippen molar-refractivity contribution in [3.63, 3.8) is 0 Å². The lowest BCUT2D eigenvalue weighted by Crippen LogP contribution is -2.23. The van der Waals surface area contributed by atoms with E-state index in [2.05, 4.69) is 5.32 Å². The van der Waals surface area contributed by atoms with E-state index < -0.39 is 0 Å². The van der Waals surface area contributed by atoms with Gasteiger partial charge in [-0.3, -0.25) is 9.59 Å². The highest BCUT2D eigenvalue weighted by molar-refractivity contribution is 5.85. The van der Waals surface area contributed by atoms with Crippen LogP contribution in [-0.4, -0.2) is 24.2 Å². The molecule has 0 fully saturated rings. The highest BCUT2D eigenvalue weighted by Crippen LogP contribution is 2.23. The maximum atomic E-state index is 12.1. The molecule has 1 heterocycles. The molecule has 6 nitrogen and oxygen atoms in total. The van der Waals surface area contributed by atoms with Gasteiger partial charge in [-0.25, -0.2) is 0 Å². The quantitative estimate of drug-likeness (QED) is 0.610. The van der Waals surface area contributed by atoms with Crippen LogP contribution >= 0.6 is 0 Å². The van der Waals surface area contributed by atoms with Crippen molar-refractivity contribution in [1.29, 1.82) is 0 Å². The predicted octanol–water partition coefficient (Wildman–Crippen LogP) is 3.02. The van der Waals surface area contributed by atoms with Gasteiger partial charge in [0.1, 0.15) is 11.5 Å². The normalized spacial score (nSPS) is 10.6. The molecule has 0 unspecified atom stereocenters. The van der Waals surface area contributed by atoms with Gasteiger partial charge in [0.2, 0.25) is 5.91 Å². The first-order valence-corrected chi connectivity index (χ1v) is 9.19. The predicted molar refractivity (Wildman–Crippen MR) is 109 cm³/mol. The number of hydrogen-bond acceptors (Lipinski definition) is 4. The number of aryl methyl sites for hydroxylation is 1. The summed E-state index contributed by atoms with van der Waals surface area (Å²) in [7, 11) is 3.35. The summed E-state index contributed by atoms with van der Waals surface area (Å²) in [4.78, 5) is 24.1. The summed E-state index contributed by atoms with van der Waals surface area (Å²) >= 11 is 0. The maximum Gasteiger partial charge on any atom is 0.254 e. The maximum absolute atomic E-state index is 12.1. The van der Waals surface area contributed by atoms with Crippen molar-refractivity contribution < 1.29 is 14.3 Å². The fourth-order valence-corrected chi connectivity index (χ4v) is 2.99. The van der Waals surface area contributed by atoms with Gasteiger partial charge >= 0.3 is 0 Å². The monoisotopic (exact) mass is 380 g/mol. The molecule has 0 bridgehead atoms. The van der Waals surface area contributed by atoms with E-state index in [9.17, 15) is 9.59 Å². The van der Waals surface area contributed by atoms with Crippen molar-refractivity contribution in [2.24, 2.45) is 7.05 Å². The molecule has 0 saturated heterocycles. The third-order valence-electron chi connectivity index (χ3n) is 4.55. The van der Waals surface area contributed by atoms with Gasteiger partial charge in [0.15, 0.2) is 0 Å². The Morgan fingerprint density at radius 2 is 1.93 bits per heavy atom. The number of benzene rings is 2. The van der Waals surface area contributed by atoms with E-state index in [0.29, 0.717) is 31.7 Å². The van der Waals surface area contributed by atoms with E-state index in [0.717, 1.165) is 22.2 Å². The van der Waals surface area contributed by atoms with Crippen LogP contribution in [0.25, 0.3) is 10.9 Å². The number of hydrogen-bond donors (Lipinski definition) is 1. The van der Waals surface area contributed by atoms with Crippen LogP contribution in [0, 0.1) is 0 Å². The summed E-state index contributed by atoms with van der Waals surface area (Å²) in [5.41, 5.74) is 1.68. The van der Waals surface area contributed by atoms with Gasteiger partial charge in [-0.05, 0) is 36.2 Å². The number of fused-ring (bicyclic) bond motifs is 1. The summed E-state index contributed by atoms with van der Waals surface area (Å²) in [5, 5.41) is 3.77.